The third-order valence-electron chi connectivity index (χ3n) is 6.86. The number of carboxylic acids is 1. The molecule has 1 saturated heterocycles. The van der Waals surface area contributed by atoms with Crippen molar-refractivity contribution < 1.29 is 19.4 Å². The van der Waals surface area contributed by atoms with E-state index in [0.29, 0.717) is 32.2 Å². The molecule has 218 valence electrons. The number of hydrogen-bond donors (Lipinski definition) is 2. The van der Waals surface area contributed by atoms with E-state index in [1.807, 2.05) is 48.5 Å². The zero-order chi connectivity index (χ0) is 28.8. The van der Waals surface area contributed by atoms with Crippen LogP contribution in [0.1, 0.15) is 35.2 Å². The molecule has 1 fully saturated rings. The van der Waals surface area contributed by atoms with Crippen LogP contribution in [0, 0.1) is 0 Å². The minimum Gasteiger partial charge on any atom is -0.478 e. The van der Waals surface area contributed by atoms with Crippen molar-refractivity contribution in [3.8, 4) is 11.5 Å². The van der Waals surface area contributed by atoms with Gasteiger partial charge in [0.05, 0.1) is 29.0 Å². The van der Waals surface area contributed by atoms with Crippen molar-refractivity contribution in [3.63, 3.8) is 0 Å². The van der Waals surface area contributed by atoms with Crippen molar-refractivity contribution in [1.29, 1.82) is 0 Å². The van der Waals surface area contributed by atoms with Crippen LogP contribution in [0.3, 0.4) is 0 Å². The summed E-state index contributed by atoms with van der Waals surface area (Å²) < 4.78 is 6.49. The summed E-state index contributed by atoms with van der Waals surface area (Å²) >= 11 is 9.42. The van der Waals surface area contributed by atoms with Crippen molar-refractivity contribution in [2.24, 2.45) is 0 Å². The predicted molar refractivity (Wildman–Crippen MR) is 174 cm³/mol. The molecule has 42 heavy (non-hydrogen) atoms. The van der Waals surface area contributed by atoms with Crippen LogP contribution in [0.5, 0.6) is 11.5 Å². The van der Waals surface area contributed by atoms with Crippen LogP contribution in [-0.4, -0.2) is 30.1 Å². The molecule has 0 aromatic heterocycles. The van der Waals surface area contributed by atoms with Gasteiger partial charge in [-0.05, 0) is 97.6 Å². The number of hydrazine groups is 1. The first-order chi connectivity index (χ1) is 19.9. The van der Waals surface area contributed by atoms with Gasteiger partial charge in [0.25, 0.3) is 0 Å². The number of anilines is 3. The second-order valence-corrected chi connectivity index (χ2v) is 11.0. The molecule has 0 spiro atoms. The lowest BCUT2D eigenvalue weighted by molar-refractivity contribution is -0.117. The average molecular weight is 671 g/mol. The van der Waals surface area contributed by atoms with Crippen molar-refractivity contribution in [2.45, 2.75) is 25.7 Å². The second-order valence-electron chi connectivity index (χ2n) is 9.75. The van der Waals surface area contributed by atoms with Crippen molar-refractivity contribution >= 4 is 68.9 Å². The lowest BCUT2D eigenvalue weighted by Gasteiger charge is -2.34. The number of para-hydroxylation sites is 2. The third-order valence-corrected chi connectivity index (χ3v) is 7.85. The van der Waals surface area contributed by atoms with E-state index in [4.69, 9.17) is 16.3 Å². The van der Waals surface area contributed by atoms with E-state index in [-0.39, 0.29) is 30.3 Å². The van der Waals surface area contributed by atoms with Gasteiger partial charge in [0.1, 0.15) is 11.5 Å². The molecule has 5 rings (SSSR count). The number of carboxylic acid groups (broad SMARTS) is 1. The normalized spacial score (nSPS) is 12.7. The van der Waals surface area contributed by atoms with Crippen LogP contribution in [0.4, 0.5) is 17.1 Å². The maximum atomic E-state index is 13.9. The van der Waals surface area contributed by atoms with Gasteiger partial charge in [-0.15, -0.1) is 12.4 Å². The number of rotatable bonds is 9. The monoisotopic (exact) mass is 669 g/mol. The van der Waals surface area contributed by atoms with E-state index in [1.54, 1.807) is 35.3 Å². The Bertz CT molecular complexity index is 1530. The third kappa shape index (κ3) is 7.76. The summed E-state index contributed by atoms with van der Waals surface area (Å²) in [7, 11) is 0. The van der Waals surface area contributed by atoms with Crippen LogP contribution in [0.25, 0.3) is 0 Å². The quantitative estimate of drug-likeness (QED) is 0.174. The highest BCUT2D eigenvalue weighted by Gasteiger charge is 2.24. The smallest absolute Gasteiger partial charge is 0.335 e. The van der Waals surface area contributed by atoms with E-state index in [9.17, 15) is 14.7 Å². The number of carbonyl (C=O) groups is 2. The van der Waals surface area contributed by atoms with Gasteiger partial charge in [-0.2, -0.15) is 0 Å². The van der Waals surface area contributed by atoms with Gasteiger partial charge >= 0.3 is 5.97 Å². The van der Waals surface area contributed by atoms with E-state index < -0.39 is 5.97 Å². The topological polar surface area (TPSA) is 82.1 Å². The summed E-state index contributed by atoms with van der Waals surface area (Å²) in [6.45, 7) is 1.86. The van der Waals surface area contributed by atoms with E-state index in [2.05, 4.69) is 26.3 Å². The number of carbonyl (C=O) groups excluding carboxylic acids is 1. The molecule has 1 aliphatic heterocycles. The number of ether oxygens (including phenoxy) is 1. The first-order valence-corrected chi connectivity index (χ1v) is 14.5. The van der Waals surface area contributed by atoms with E-state index >= 15 is 0 Å². The lowest BCUT2D eigenvalue weighted by Crippen LogP contribution is -2.39. The highest BCUT2D eigenvalue weighted by atomic mass is 79.9. The SMILES string of the molecule is Cl.O=C(O)c1ccc(CC(=O)N(Nc2ccc(Oc3ccc(Cl)cc3)cc2)c2ccccc2N2CCCCC2)c(Br)c1. The summed E-state index contributed by atoms with van der Waals surface area (Å²) in [5.41, 5.74) is 6.59. The molecule has 7 nitrogen and oxygen atoms in total. The highest BCUT2D eigenvalue weighted by molar-refractivity contribution is 9.10. The fourth-order valence-electron chi connectivity index (χ4n) is 4.74. The molecule has 4 aromatic carbocycles. The van der Waals surface area contributed by atoms with Gasteiger partial charge in [0.2, 0.25) is 5.91 Å². The number of halogens is 3. The van der Waals surface area contributed by atoms with Gasteiger partial charge in [0, 0.05) is 22.6 Å². The number of hydrogen-bond acceptors (Lipinski definition) is 5. The van der Waals surface area contributed by atoms with E-state index in [1.165, 1.54) is 18.6 Å². The number of aromatic carboxylic acids is 1. The fourth-order valence-corrected chi connectivity index (χ4v) is 5.39. The molecule has 1 aliphatic rings. The molecular formula is C32H30BrCl2N3O4. The number of nitrogens with one attached hydrogen (secondary N) is 1. The van der Waals surface area contributed by atoms with Crippen LogP contribution < -0.4 is 20.1 Å². The number of benzene rings is 4. The molecule has 1 heterocycles. The molecule has 0 bridgehead atoms. The summed E-state index contributed by atoms with van der Waals surface area (Å²) in [5, 5.41) is 11.5. The molecule has 1 amide bonds. The van der Waals surface area contributed by atoms with Gasteiger partial charge in [-0.3, -0.25) is 10.2 Å². The van der Waals surface area contributed by atoms with Gasteiger partial charge < -0.3 is 14.7 Å². The first kappa shape index (κ1) is 31.2. The molecule has 0 atom stereocenters. The van der Waals surface area contributed by atoms with Crippen LogP contribution >= 0.6 is 39.9 Å². The standard InChI is InChI=1S/C32H29BrClN3O4.ClH/c33-28-20-23(32(39)40)9-8-22(28)21-31(38)37(30-7-3-2-6-29(30)36-18-4-1-5-19-36)35-25-12-16-27(17-13-25)41-26-14-10-24(34)11-15-26;/h2-3,6-17,20,35H,1,4-5,18-19,21H2,(H,39,40);1H. The van der Waals surface area contributed by atoms with Crippen LogP contribution in [-0.2, 0) is 11.2 Å². The molecule has 2 N–H and O–H groups in total. The highest BCUT2D eigenvalue weighted by Crippen LogP contribution is 2.33. The zero-order valence-electron chi connectivity index (χ0n) is 22.6. The van der Waals surface area contributed by atoms with Crippen molar-refractivity contribution in [3.05, 3.63) is 112 Å². The second kappa shape index (κ2) is 14.4. The Kier molecular flexibility index (Phi) is 10.7. The predicted octanol–water partition coefficient (Wildman–Crippen LogP) is 8.61. The molecule has 0 radical (unpaired) electrons. The van der Waals surface area contributed by atoms with Gasteiger partial charge in [-0.25, -0.2) is 9.80 Å². The number of piperidine rings is 1. The van der Waals surface area contributed by atoms with Crippen molar-refractivity contribution in [1.82, 2.24) is 0 Å². The minimum atomic E-state index is -1.02. The average Bonchev–Trinajstić information content (AvgIpc) is 2.99. The zero-order valence-corrected chi connectivity index (χ0v) is 25.8. The summed E-state index contributed by atoms with van der Waals surface area (Å²) in [4.78, 5) is 27.6. The number of amides is 1. The Morgan fingerprint density at radius 3 is 2.19 bits per heavy atom. The Morgan fingerprint density at radius 1 is 0.905 bits per heavy atom. The van der Waals surface area contributed by atoms with Crippen LogP contribution in [0.15, 0.2) is 95.5 Å². The minimum absolute atomic E-state index is 0. The van der Waals surface area contributed by atoms with Crippen molar-refractivity contribution in [2.75, 3.05) is 28.4 Å². The van der Waals surface area contributed by atoms with Crippen LogP contribution in [0.2, 0.25) is 5.02 Å². The Labute approximate surface area is 264 Å². The lowest BCUT2D eigenvalue weighted by atomic mass is 10.1. The molecule has 0 unspecified atom stereocenters. The summed E-state index contributed by atoms with van der Waals surface area (Å²) in [6.07, 6.45) is 3.46. The van der Waals surface area contributed by atoms with Gasteiger partial charge in [-0.1, -0.05) is 45.7 Å². The van der Waals surface area contributed by atoms with Gasteiger partial charge in [0.15, 0.2) is 0 Å². The summed E-state index contributed by atoms with van der Waals surface area (Å²) in [6, 6.07) is 27.1. The largest absolute Gasteiger partial charge is 0.478 e. The fraction of sp³-hybridized carbons (Fsp3) is 0.188. The maximum absolute atomic E-state index is 13.9. The Balaban J connectivity index is 0.00000405. The maximum Gasteiger partial charge on any atom is 0.335 e. The van der Waals surface area contributed by atoms with E-state index in [0.717, 1.165) is 37.3 Å². The molecule has 0 aliphatic carbocycles. The Hall–Kier alpha value is -3.72. The number of nitrogens with zero attached hydrogens (tertiary/aromatic N) is 2. The molecule has 0 saturated carbocycles. The molecule has 10 heteroatoms. The summed E-state index contributed by atoms with van der Waals surface area (Å²) in [5.74, 6) is 0.0966. The Morgan fingerprint density at radius 2 is 1.55 bits per heavy atom. The molecular weight excluding hydrogens is 641 g/mol. The first-order valence-electron chi connectivity index (χ1n) is 13.4. The molecule has 4 aromatic rings.